The zero-order valence-corrected chi connectivity index (χ0v) is 10.3. The first-order valence-electron chi connectivity index (χ1n) is 4.58. The Bertz CT molecular complexity index is 330. The summed E-state index contributed by atoms with van der Waals surface area (Å²) in [6.45, 7) is 6.46. The summed E-state index contributed by atoms with van der Waals surface area (Å²) >= 11 is 0. The van der Waals surface area contributed by atoms with E-state index in [1.54, 1.807) is 27.7 Å². The Morgan fingerprint density at radius 3 is 2.33 bits per heavy atom. The van der Waals surface area contributed by atoms with Crippen LogP contribution in [0.3, 0.4) is 0 Å². The van der Waals surface area contributed by atoms with Crippen molar-refractivity contribution >= 4 is 15.9 Å². The molecule has 0 radical (unpaired) electrons. The molecular formula is C8H19N3O3S. The molecule has 0 aromatic carbocycles. The van der Waals surface area contributed by atoms with Gasteiger partial charge < -0.3 is 10.9 Å². The van der Waals surface area contributed by atoms with E-state index in [1.807, 2.05) is 0 Å². The van der Waals surface area contributed by atoms with Crippen LogP contribution in [0.4, 0.5) is 0 Å². The Kier molecular flexibility index (Phi) is 4.54. The minimum atomic E-state index is -3.39. The maximum absolute atomic E-state index is 11.7. The molecule has 6 nitrogen and oxygen atoms in total. The number of oxime groups is 1. The SMILES string of the molecule is CC(CC(N)=NO)NS(=O)(=O)C(C)(C)C. The molecule has 0 saturated heterocycles. The van der Waals surface area contributed by atoms with Gasteiger partial charge in [-0.1, -0.05) is 5.16 Å². The van der Waals surface area contributed by atoms with Gasteiger partial charge in [-0.15, -0.1) is 0 Å². The second-order valence-electron chi connectivity index (χ2n) is 4.43. The van der Waals surface area contributed by atoms with Crippen molar-refractivity contribution in [3.05, 3.63) is 0 Å². The van der Waals surface area contributed by atoms with Gasteiger partial charge in [0.25, 0.3) is 0 Å². The molecular weight excluding hydrogens is 218 g/mol. The minimum absolute atomic E-state index is 0.000825. The average Bonchev–Trinajstić information content (AvgIpc) is 2.00. The molecule has 0 aromatic heterocycles. The van der Waals surface area contributed by atoms with Crippen molar-refractivity contribution in [1.29, 1.82) is 0 Å². The Morgan fingerprint density at radius 1 is 1.53 bits per heavy atom. The molecule has 0 rings (SSSR count). The minimum Gasteiger partial charge on any atom is -0.409 e. The van der Waals surface area contributed by atoms with Crippen molar-refractivity contribution in [3.63, 3.8) is 0 Å². The van der Waals surface area contributed by atoms with Crippen LogP contribution in [0.1, 0.15) is 34.1 Å². The predicted molar refractivity (Wildman–Crippen MR) is 59.3 cm³/mol. The van der Waals surface area contributed by atoms with Crippen LogP contribution in [-0.4, -0.2) is 30.2 Å². The second kappa shape index (κ2) is 4.80. The monoisotopic (exact) mass is 237 g/mol. The number of rotatable bonds is 4. The van der Waals surface area contributed by atoms with Crippen LogP contribution >= 0.6 is 0 Å². The van der Waals surface area contributed by atoms with E-state index in [2.05, 4.69) is 9.88 Å². The predicted octanol–water partition coefficient (Wildman–Crippen LogP) is 0.229. The average molecular weight is 237 g/mol. The van der Waals surface area contributed by atoms with Gasteiger partial charge in [-0.3, -0.25) is 0 Å². The fourth-order valence-electron chi connectivity index (χ4n) is 0.838. The molecule has 90 valence electrons. The number of hydrogen-bond acceptors (Lipinski definition) is 4. The number of sulfonamides is 1. The first kappa shape index (κ1) is 14.2. The fourth-order valence-corrected chi connectivity index (χ4v) is 1.80. The van der Waals surface area contributed by atoms with E-state index in [0.29, 0.717) is 0 Å². The van der Waals surface area contributed by atoms with Crippen LogP contribution < -0.4 is 10.5 Å². The van der Waals surface area contributed by atoms with Gasteiger partial charge in [0.15, 0.2) is 0 Å². The molecule has 0 aliphatic heterocycles. The summed E-state index contributed by atoms with van der Waals surface area (Å²) in [7, 11) is -3.39. The maximum Gasteiger partial charge on any atom is 0.216 e. The lowest BCUT2D eigenvalue weighted by atomic mass is 10.2. The highest BCUT2D eigenvalue weighted by Crippen LogP contribution is 2.14. The smallest absolute Gasteiger partial charge is 0.216 e. The highest BCUT2D eigenvalue weighted by atomic mass is 32.2. The van der Waals surface area contributed by atoms with Crippen LogP contribution in [0.2, 0.25) is 0 Å². The summed E-state index contributed by atoms with van der Waals surface area (Å²) < 4.78 is 24.9. The molecule has 0 amide bonds. The zero-order valence-electron chi connectivity index (χ0n) is 9.48. The topological polar surface area (TPSA) is 105 Å². The third-order valence-electron chi connectivity index (χ3n) is 1.81. The van der Waals surface area contributed by atoms with Gasteiger partial charge in [0.05, 0.1) is 4.75 Å². The van der Waals surface area contributed by atoms with Crippen molar-refractivity contribution in [2.75, 3.05) is 0 Å². The van der Waals surface area contributed by atoms with Crippen LogP contribution in [-0.2, 0) is 10.0 Å². The van der Waals surface area contributed by atoms with Gasteiger partial charge in [-0.2, -0.15) is 0 Å². The normalized spacial score (nSPS) is 16.4. The molecule has 7 heteroatoms. The van der Waals surface area contributed by atoms with Gasteiger partial charge in [-0.25, -0.2) is 13.1 Å². The van der Waals surface area contributed by atoms with E-state index in [9.17, 15) is 8.42 Å². The zero-order chi connectivity index (χ0) is 12.3. The summed E-state index contributed by atoms with van der Waals surface area (Å²) in [5, 5.41) is 11.1. The van der Waals surface area contributed by atoms with Crippen molar-refractivity contribution in [1.82, 2.24) is 4.72 Å². The summed E-state index contributed by atoms with van der Waals surface area (Å²) in [6.07, 6.45) is 0.172. The molecule has 0 heterocycles. The number of amidine groups is 1. The van der Waals surface area contributed by atoms with Crippen LogP contribution in [0.15, 0.2) is 5.16 Å². The molecule has 0 bridgehead atoms. The van der Waals surface area contributed by atoms with Gasteiger partial charge >= 0.3 is 0 Å². The molecule has 15 heavy (non-hydrogen) atoms. The second-order valence-corrected chi connectivity index (χ2v) is 6.90. The first-order chi connectivity index (χ1) is 6.60. The van der Waals surface area contributed by atoms with Gasteiger partial charge in [0.1, 0.15) is 5.84 Å². The lowest BCUT2D eigenvalue weighted by Crippen LogP contribution is -2.44. The first-order valence-corrected chi connectivity index (χ1v) is 6.06. The van der Waals surface area contributed by atoms with Crippen molar-refractivity contribution in [2.45, 2.75) is 44.9 Å². The van der Waals surface area contributed by atoms with Gasteiger partial charge in [0, 0.05) is 12.5 Å². The molecule has 0 spiro atoms. The third-order valence-corrected chi connectivity index (χ3v) is 4.13. The highest BCUT2D eigenvalue weighted by Gasteiger charge is 2.30. The third kappa shape index (κ3) is 4.48. The van der Waals surface area contributed by atoms with Gasteiger partial charge in [-0.05, 0) is 27.7 Å². The quantitative estimate of drug-likeness (QED) is 0.282. The largest absolute Gasteiger partial charge is 0.409 e. The van der Waals surface area contributed by atoms with E-state index in [4.69, 9.17) is 10.9 Å². The van der Waals surface area contributed by atoms with Crippen LogP contribution in [0.25, 0.3) is 0 Å². The standard InChI is InChI=1S/C8H19N3O3S/c1-6(5-7(9)10-12)11-15(13,14)8(2,3)4/h6,11-12H,5H2,1-4H3,(H2,9,10). The molecule has 0 aliphatic rings. The molecule has 1 unspecified atom stereocenters. The van der Waals surface area contributed by atoms with E-state index in [-0.39, 0.29) is 12.3 Å². The Balaban J connectivity index is 4.50. The van der Waals surface area contributed by atoms with Crippen molar-refractivity contribution < 1.29 is 13.6 Å². The molecule has 0 aromatic rings. The molecule has 0 fully saturated rings. The van der Waals surface area contributed by atoms with Crippen molar-refractivity contribution in [3.8, 4) is 0 Å². The van der Waals surface area contributed by atoms with E-state index in [0.717, 1.165) is 0 Å². The van der Waals surface area contributed by atoms with Crippen LogP contribution in [0.5, 0.6) is 0 Å². The molecule has 0 saturated carbocycles. The molecule has 0 aliphatic carbocycles. The highest BCUT2D eigenvalue weighted by molar-refractivity contribution is 7.90. The van der Waals surface area contributed by atoms with E-state index < -0.39 is 20.8 Å². The number of nitrogens with two attached hydrogens (primary N) is 1. The Morgan fingerprint density at radius 2 is 2.00 bits per heavy atom. The fraction of sp³-hybridized carbons (Fsp3) is 0.875. The summed E-state index contributed by atoms with van der Waals surface area (Å²) in [4.78, 5) is 0. The summed E-state index contributed by atoms with van der Waals surface area (Å²) in [5.41, 5.74) is 5.27. The van der Waals surface area contributed by atoms with Crippen LogP contribution in [0, 0.1) is 0 Å². The number of nitrogens with one attached hydrogen (secondary N) is 1. The van der Waals surface area contributed by atoms with E-state index >= 15 is 0 Å². The lowest BCUT2D eigenvalue weighted by Gasteiger charge is -2.22. The maximum atomic E-state index is 11.7. The van der Waals surface area contributed by atoms with Crippen molar-refractivity contribution in [2.24, 2.45) is 10.9 Å². The molecule has 4 N–H and O–H groups in total. The Labute approximate surface area is 90.6 Å². The summed E-state index contributed by atoms with van der Waals surface area (Å²) in [5.74, 6) is -0.000825. The Hall–Kier alpha value is -0.820. The lowest BCUT2D eigenvalue weighted by molar-refractivity contribution is 0.316. The van der Waals surface area contributed by atoms with Gasteiger partial charge in [0.2, 0.25) is 10.0 Å². The summed E-state index contributed by atoms with van der Waals surface area (Å²) in [6, 6.07) is -0.398. The number of nitrogens with zero attached hydrogens (tertiary/aromatic N) is 1. The van der Waals surface area contributed by atoms with E-state index in [1.165, 1.54) is 0 Å². The number of hydrogen-bond donors (Lipinski definition) is 3. The molecule has 1 atom stereocenters.